The van der Waals surface area contributed by atoms with Gasteiger partial charge < -0.3 is 14.6 Å². The molecule has 6 heteroatoms. The molecule has 128 valence electrons. The minimum Gasteiger partial charge on any atom is -0.497 e. The maximum absolute atomic E-state index is 12.7. The number of rotatable bonds is 5. The van der Waals surface area contributed by atoms with Crippen molar-refractivity contribution in [3.05, 3.63) is 82.3 Å². The molecule has 1 aromatic heterocycles. The highest BCUT2D eigenvalue weighted by atomic mass is 79.9. The van der Waals surface area contributed by atoms with Gasteiger partial charge in [0.25, 0.3) is 5.91 Å². The van der Waals surface area contributed by atoms with Crippen LogP contribution < -0.4 is 10.1 Å². The van der Waals surface area contributed by atoms with Gasteiger partial charge in [-0.2, -0.15) is 0 Å². The van der Waals surface area contributed by atoms with E-state index in [4.69, 9.17) is 4.74 Å². The Bertz CT molecular complexity index is 857. The van der Waals surface area contributed by atoms with Crippen LogP contribution in [0.3, 0.4) is 0 Å². The quantitative estimate of drug-likeness (QED) is 0.711. The monoisotopic (exact) mass is 399 g/mol. The highest BCUT2D eigenvalue weighted by Gasteiger charge is 2.21. The Morgan fingerprint density at radius 2 is 1.84 bits per heavy atom. The molecule has 5 nitrogen and oxygen atoms in total. The minimum absolute atomic E-state index is 0.156. The molecule has 1 N–H and O–H groups in total. The highest BCUT2D eigenvalue weighted by Crippen LogP contribution is 2.23. The van der Waals surface area contributed by atoms with E-state index in [1.807, 2.05) is 54.2 Å². The van der Waals surface area contributed by atoms with E-state index in [2.05, 4.69) is 26.2 Å². The van der Waals surface area contributed by atoms with Crippen LogP contribution in [-0.2, 0) is 7.05 Å². The van der Waals surface area contributed by atoms with Crippen LogP contribution in [0.5, 0.6) is 5.75 Å². The Morgan fingerprint density at radius 3 is 2.40 bits per heavy atom. The molecule has 1 amide bonds. The molecule has 1 heterocycles. The number of amides is 1. The number of aromatic nitrogens is 2. The third kappa shape index (κ3) is 3.91. The largest absolute Gasteiger partial charge is 0.497 e. The Morgan fingerprint density at radius 1 is 1.16 bits per heavy atom. The Hall–Kier alpha value is -2.60. The van der Waals surface area contributed by atoms with E-state index in [1.54, 1.807) is 25.4 Å². The first-order chi connectivity index (χ1) is 12.1. The highest BCUT2D eigenvalue weighted by molar-refractivity contribution is 9.10. The van der Waals surface area contributed by atoms with Crippen LogP contribution in [0.2, 0.25) is 0 Å². The Balaban J connectivity index is 1.92. The maximum atomic E-state index is 12.7. The molecule has 0 aliphatic rings. The summed E-state index contributed by atoms with van der Waals surface area (Å²) in [4.78, 5) is 17.1. The SMILES string of the molecule is COc1ccc(C(NC(=O)c2ccc(Br)cc2)c2nccn2C)cc1. The molecule has 1 atom stereocenters. The van der Waals surface area contributed by atoms with Gasteiger partial charge >= 0.3 is 0 Å². The van der Waals surface area contributed by atoms with Gasteiger partial charge in [0, 0.05) is 29.5 Å². The maximum Gasteiger partial charge on any atom is 0.252 e. The van der Waals surface area contributed by atoms with E-state index in [1.165, 1.54) is 0 Å². The summed E-state index contributed by atoms with van der Waals surface area (Å²) in [5, 5.41) is 3.07. The zero-order valence-electron chi connectivity index (χ0n) is 13.9. The molecule has 0 saturated heterocycles. The van der Waals surface area contributed by atoms with E-state index in [0.717, 1.165) is 21.6 Å². The lowest BCUT2D eigenvalue weighted by molar-refractivity contribution is 0.0941. The van der Waals surface area contributed by atoms with Gasteiger partial charge in [-0.25, -0.2) is 4.98 Å². The van der Waals surface area contributed by atoms with Crippen molar-refractivity contribution in [1.29, 1.82) is 0 Å². The number of benzene rings is 2. The molecular weight excluding hydrogens is 382 g/mol. The molecule has 25 heavy (non-hydrogen) atoms. The van der Waals surface area contributed by atoms with Crippen LogP contribution in [0.4, 0.5) is 0 Å². The third-order valence-corrected chi connectivity index (χ3v) is 4.48. The fraction of sp³-hybridized carbons (Fsp3) is 0.158. The number of carbonyl (C=O) groups excluding carboxylic acids is 1. The van der Waals surface area contributed by atoms with Gasteiger partial charge in [-0.3, -0.25) is 4.79 Å². The summed E-state index contributed by atoms with van der Waals surface area (Å²) in [6.45, 7) is 0. The van der Waals surface area contributed by atoms with Crippen molar-refractivity contribution in [2.45, 2.75) is 6.04 Å². The van der Waals surface area contributed by atoms with E-state index in [-0.39, 0.29) is 11.9 Å². The van der Waals surface area contributed by atoms with Gasteiger partial charge in [0.2, 0.25) is 0 Å². The lowest BCUT2D eigenvalue weighted by atomic mass is 10.0. The zero-order chi connectivity index (χ0) is 17.8. The summed E-state index contributed by atoms with van der Waals surface area (Å²) < 4.78 is 8.04. The second kappa shape index (κ2) is 7.53. The Labute approximate surface area is 154 Å². The number of hydrogen-bond donors (Lipinski definition) is 1. The standard InChI is InChI=1S/C19H18BrN3O2/c1-23-12-11-21-18(23)17(13-5-9-16(25-2)10-6-13)22-19(24)14-3-7-15(20)8-4-14/h3-12,17H,1-2H3,(H,22,24). The van der Waals surface area contributed by atoms with Crippen LogP contribution in [0, 0.1) is 0 Å². The second-order valence-electron chi connectivity index (χ2n) is 5.58. The first-order valence-electron chi connectivity index (χ1n) is 7.76. The van der Waals surface area contributed by atoms with Crippen molar-refractivity contribution in [2.75, 3.05) is 7.11 Å². The number of aryl methyl sites for hydroxylation is 1. The summed E-state index contributed by atoms with van der Waals surface area (Å²) in [5.74, 6) is 1.37. The van der Waals surface area contributed by atoms with Gasteiger partial charge in [-0.05, 0) is 42.0 Å². The van der Waals surface area contributed by atoms with Crippen LogP contribution in [0.15, 0.2) is 65.4 Å². The minimum atomic E-state index is -0.359. The Kier molecular flexibility index (Phi) is 5.19. The normalized spacial score (nSPS) is 11.8. The molecular formula is C19H18BrN3O2. The van der Waals surface area contributed by atoms with Gasteiger partial charge in [-0.15, -0.1) is 0 Å². The predicted molar refractivity (Wildman–Crippen MR) is 99.7 cm³/mol. The number of halogens is 1. The van der Waals surface area contributed by atoms with Crippen molar-refractivity contribution < 1.29 is 9.53 Å². The van der Waals surface area contributed by atoms with Crippen molar-refractivity contribution in [2.24, 2.45) is 7.05 Å². The number of imidazole rings is 1. The lowest BCUT2D eigenvalue weighted by Crippen LogP contribution is -2.31. The number of nitrogens with one attached hydrogen (secondary N) is 1. The van der Waals surface area contributed by atoms with E-state index < -0.39 is 0 Å². The fourth-order valence-corrected chi connectivity index (χ4v) is 2.83. The average molecular weight is 400 g/mol. The zero-order valence-corrected chi connectivity index (χ0v) is 15.5. The summed E-state index contributed by atoms with van der Waals surface area (Å²) in [6.07, 6.45) is 3.58. The third-order valence-electron chi connectivity index (χ3n) is 3.95. The fourth-order valence-electron chi connectivity index (χ4n) is 2.56. The molecule has 3 aromatic rings. The van der Waals surface area contributed by atoms with Crippen molar-refractivity contribution in [3.8, 4) is 5.75 Å². The number of carbonyl (C=O) groups is 1. The van der Waals surface area contributed by atoms with Crippen molar-refractivity contribution in [1.82, 2.24) is 14.9 Å². The molecule has 0 fully saturated rings. The van der Waals surface area contributed by atoms with Gasteiger partial charge in [-0.1, -0.05) is 28.1 Å². The molecule has 0 aliphatic carbocycles. The topological polar surface area (TPSA) is 56.1 Å². The smallest absolute Gasteiger partial charge is 0.252 e. The molecule has 1 unspecified atom stereocenters. The van der Waals surface area contributed by atoms with E-state index in [9.17, 15) is 4.79 Å². The predicted octanol–water partition coefficient (Wildman–Crippen LogP) is 3.71. The van der Waals surface area contributed by atoms with Crippen LogP contribution in [0.25, 0.3) is 0 Å². The van der Waals surface area contributed by atoms with Crippen molar-refractivity contribution in [3.63, 3.8) is 0 Å². The van der Waals surface area contributed by atoms with Gasteiger partial charge in [0.1, 0.15) is 17.6 Å². The molecule has 0 bridgehead atoms. The van der Waals surface area contributed by atoms with Crippen LogP contribution in [-0.4, -0.2) is 22.6 Å². The molecule has 0 spiro atoms. The first-order valence-corrected chi connectivity index (χ1v) is 8.55. The molecule has 0 saturated carbocycles. The number of hydrogen-bond acceptors (Lipinski definition) is 3. The molecule has 2 aromatic carbocycles. The number of ether oxygens (including phenoxy) is 1. The lowest BCUT2D eigenvalue weighted by Gasteiger charge is -2.19. The number of nitrogens with zero attached hydrogens (tertiary/aromatic N) is 2. The number of methoxy groups -OCH3 is 1. The summed E-state index contributed by atoms with van der Waals surface area (Å²) >= 11 is 3.38. The van der Waals surface area contributed by atoms with Crippen molar-refractivity contribution >= 4 is 21.8 Å². The average Bonchev–Trinajstić information content (AvgIpc) is 3.06. The van der Waals surface area contributed by atoms with E-state index >= 15 is 0 Å². The second-order valence-corrected chi connectivity index (χ2v) is 6.50. The summed E-state index contributed by atoms with van der Waals surface area (Å²) in [6, 6.07) is 14.5. The van der Waals surface area contributed by atoms with E-state index in [0.29, 0.717) is 5.56 Å². The van der Waals surface area contributed by atoms with Crippen LogP contribution in [0.1, 0.15) is 27.8 Å². The van der Waals surface area contributed by atoms with Crippen LogP contribution >= 0.6 is 15.9 Å². The van der Waals surface area contributed by atoms with Gasteiger partial charge in [0.05, 0.1) is 7.11 Å². The molecule has 0 aliphatic heterocycles. The first kappa shape index (κ1) is 17.2. The van der Waals surface area contributed by atoms with Gasteiger partial charge in [0.15, 0.2) is 0 Å². The summed E-state index contributed by atoms with van der Waals surface area (Å²) in [7, 11) is 3.53. The molecule has 3 rings (SSSR count). The molecule has 0 radical (unpaired) electrons. The summed E-state index contributed by atoms with van der Waals surface area (Å²) in [5.41, 5.74) is 1.52.